The Morgan fingerprint density at radius 2 is 1.70 bits per heavy atom. The Kier molecular flexibility index (Phi) is 6.22. The molecule has 0 aliphatic carbocycles. The molecule has 0 aromatic carbocycles. The summed E-state index contributed by atoms with van der Waals surface area (Å²) in [5.41, 5.74) is 0. The summed E-state index contributed by atoms with van der Waals surface area (Å²) in [4.78, 5) is 2.74. The zero-order valence-electron chi connectivity index (χ0n) is 12.5. The maximum atomic E-state index is 12.3. The van der Waals surface area contributed by atoms with Crippen molar-refractivity contribution in [3.8, 4) is 0 Å². The molecule has 2 saturated heterocycles. The minimum Gasteiger partial charge on any atom is -0.317 e. The molecule has 0 bridgehead atoms. The van der Waals surface area contributed by atoms with Crippen LogP contribution < -0.4 is 10.1 Å². The van der Waals surface area contributed by atoms with E-state index < -0.39 is 10.2 Å². The molecule has 6 nitrogen and oxygen atoms in total. The summed E-state index contributed by atoms with van der Waals surface area (Å²) < 4.78 is 26.3. The predicted octanol–water partition coefficient (Wildman–Crippen LogP) is 0.543. The molecule has 0 amide bonds. The maximum absolute atomic E-state index is 12.3. The first-order chi connectivity index (χ1) is 9.62. The molecule has 2 aliphatic rings. The van der Waals surface area contributed by atoms with Gasteiger partial charge < -0.3 is 5.32 Å². The summed E-state index contributed by atoms with van der Waals surface area (Å²) in [6, 6.07) is 0. The monoisotopic (exact) mass is 304 g/mol. The van der Waals surface area contributed by atoms with Crippen LogP contribution in [-0.4, -0.2) is 57.0 Å². The smallest absolute Gasteiger partial charge is 0.292 e. The average molecular weight is 304 g/mol. The van der Waals surface area contributed by atoms with Crippen LogP contribution in [-0.2, 0) is 10.2 Å². The van der Waals surface area contributed by atoms with Crippen molar-refractivity contribution in [1.29, 1.82) is 0 Å². The molecule has 118 valence electrons. The Labute approximate surface area is 123 Å². The van der Waals surface area contributed by atoms with Crippen molar-refractivity contribution >= 4 is 10.2 Å². The van der Waals surface area contributed by atoms with Crippen molar-refractivity contribution in [3.05, 3.63) is 0 Å². The molecule has 0 radical (unpaired) electrons. The SMILES string of the molecule is CCNCC1CCN(S(=O)(=O)NN2CCCCC2)CC1. The van der Waals surface area contributed by atoms with E-state index in [1.54, 1.807) is 4.31 Å². The van der Waals surface area contributed by atoms with Gasteiger partial charge in [-0.3, -0.25) is 0 Å². The summed E-state index contributed by atoms with van der Waals surface area (Å²) in [5, 5.41) is 5.20. The standard InChI is InChI=1S/C13H28N4O2S/c1-2-14-12-13-6-10-17(11-7-13)20(18,19)15-16-8-4-3-5-9-16/h13-15H,2-12H2,1H3. The van der Waals surface area contributed by atoms with Crippen LogP contribution in [0.5, 0.6) is 0 Å². The summed E-state index contributed by atoms with van der Waals surface area (Å²) in [6.45, 7) is 7.02. The van der Waals surface area contributed by atoms with E-state index in [0.29, 0.717) is 19.0 Å². The van der Waals surface area contributed by atoms with Gasteiger partial charge in [0.1, 0.15) is 0 Å². The van der Waals surface area contributed by atoms with E-state index in [2.05, 4.69) is 17.1 Å². The van der Waals surface area contributed by atoms with Gasteiger partial charge in [-0.1, -0.05) is 13.3 Å². The molecule has 2 heterocycles. The molecule has 2 fully saturated rings. The molecular formula is C13H28N4O2S. The minimum absolute atomic E-state index is 0.608. The van der Waals surface area contributed by atoms with E-state index in [0.717, 1.165) is 51.9 Å². The third-order valence-electron chi connectivity index (χ3n) is 4.20. The van der Waals surface area contributed by atoms with Gasteiger partial charge in [-0.25, -0.2) is 5.01 Å². The first-order valence-corrected chi connectivity index (χ1v) is 9.29. The topological polar surface area (TPSA) is 64.7 Å². The average Bonchev–Trinajstić information content (AvgIpc) is 2.46. The lowest BCUT2D eigenvalue weighted by Gasteiger charge is -2.34. The van der Waals surface area contributed by atoms with Gasteiger partial charge in [0.25, 0.3) is 10.2 Å². The van der Waals surface area contributed by atoms with Crippen LogP contribution in [0.3, 0.4) is 0 Å². The Morgan fingerprint density at radius 3 is 2.30 bits per heavy atom. The summed E-state index contributed by atoms with van der Waals surface area (Å²) >= 11 is 0. The lowest BCUT2D eigenvalue weighted by Crippen LogP contribution is -2.53. The first kappa shape index (κ1) is 16.2. The van der Waals surface area contributed by atoms with E-state index in [9.17, 15) is 8.42 Å². The molecule has 0 aromatic rings. The van der Waals surface area contributed by atoms with Gasteiger partial charge in [-0.2, -0.15) is 12.7 Å². The molecular weight excluding hydrogens is 276 g/mol. The Hall–Kier alpha value is -0.210. The molecule has 0 spiro atoms. The van der Waals surface area contributed by atoms with E-state index in [1.165, 1.54) is 6.42 Å². The third kappa shape index (κ3) is 4.66. The lowest BCUT2D eigenvalue weighted by molar-refractivity contribution is 0.186. The van der Waals surface area contributed by atoms with Crippen LogP contribution in [0.15, 0.2) is 0 Å². The number of rotatable bonds is 6. The second-order valence-corrected chi connectivity index (χ2v) is 7.44. The number of piperidine rings is 2. The zero-order valence-corrected chi connectivity index (χ0v) is 13.3. The van der Waals surface area contributed by atoms with Crippen LogP contribution in [0, 0.1) is 5.92 Å². The summed E-state index contributed by atoms with van der Waals surface area (Å²) in [5.74, 6) is 0.608. The zero-order chi connectivity index (χ0) is 14.4. The number of hydrogen-bond acceptors (Lipinski definition) is 4. The molecule has 2 aliphatic heterocycles. The first-order valence-electron chi connectivity index (χ1n) is 7.85. The van der Waals surface area contributed by atoms with Crippen LogP contribution in [0.25, 0.3) is 0 Å². The molecule has 0 saturated carbocycles. The number of hydrogen-bond donors (Lipinski definition) is 2. The minimum atomic E-state index is -3.34. The van der Waals surface area contributed by atoms with Crippen LogP contribution in [0.4, 0.5) is 0 Å². The van der Waals surface area contributed by atoms with Gasteiger partial charge >= 0.3 is 0 Å². The fourth-order valence-corrected chi connectivity index (χ4v) is 4.22. The molecule has 0 atom stereocenters. The molecule has 2 N–H and O–H groups in total. The van der Waals surface area contributed by atoms with Gasteiger partial charge in [0, 0.05) is 26.2 Å². The van der Waals surface area contributed by atoms with Gasteiger partial charge in [-0.15, -0.1) is 4.83 Å². The summed E-state index contributed by atoms with van der Waals surface area (Å²) in [6.07, 6.45) is 5.26. The van der Waals surface area contributed by atoms with Crippen molar-refractivity contribution < 1.29 is 8.42 Å². The second kappa shape index (κ2) is 7.70. The second-order valence-electron chi connectivity index (χ2n) is 5.79. The Morgan fingerprint density at radius 1 is 1.05 bits per heavy atom. The van der Waals surface area contributed by atoms with Crippen LogP contribution >= 0.6 is 0 Å². The highest BCUT2D eigenvalue weighted by Crippen LogP contribution is 2.19. The number of hydrazine groups is 1. The molecule has 2 rings (SSSR count). The van der Waals surface area contributed by atoms with Crippen LogP contribution in [0.1, 0.15) is 39.0 Å². The third-order valence-corrected chi connectivity index (χ3v) is 5.73. The van der Waals surface area contributed by atoms with E-state index >= 15 is 0 Å². The van der Waals surface area contributed by atoms with Crippen molar-refractivity contribution in [2.75, 3.05) is 39.3 Å². The maximum Gasteiger partial charge on any atom is 0.292 e. The van der Waals surface area contributed by atoms with Crippen LogP contribution in [0.2, 0.25) is 0 Å². The normalized spacial score (nSPS) is 24.1. The Bertz CT molecular complexity index is 374. The molecule has 0 unspecified atom stereocenters. The van der Waals surface area contributed by atoms with Gasteiger partial charge in [0.05, 0.1) is 0 Å². The van der Waals surface area contributed by atoms with Gasteiger partial charge in [-0.05, 0) is 44.7 Å². The predicted molar refractivity (Wildman–Crippen MR) is 80.3 cm³/mol. The fourth-order valence-electron chi connectivity index (χ4n) is 2.91. The largest absolute Gasteiger partial charge is 0.317 e. The molecule has 0 aromatic heterocycles. The number of nitrogens with one attached hydrogen (secondary N) is 2. The van der Waals surface area contributed by atoms with E-state index in [-0.39, 0.29) is 0 Å². The quantitative estimate of drug-likeness (QED) is 0.752. The number of nitrogens with zero attached hydrogens (tertiary/aromatic N) is 2. The highest BCUT2D eigenvalue weighted by molar-refractivity contribution is 7.87. The van der Waals surface area contributed by atoms with E-state index in [4.69, 9.17) is 0 Å². The van der Waals surface area contributed by atoms with Crippen molar-refractivity contribution in [1.82, 2.24) is 19.5 Å². The molecule has 7 heteroatoms. The van der Waals surface area contributed by atoms with Gasteiger partial charge in [0.15, 0.2) is 0 Å². The van der Waals surface area contributed by atoms with Gasteiger partial charge in [0.2, 0.25) is 0 Å². The van der Waals surface area contributed by atoms with E-state index in [1.807, 2.05) is 5.01 Å². The lowest BCUT2D eigenvalue weighted by atomic mass is 9.98. The highest BCUT2D eigenvalue weighted by Gasteiger charge is 2.29. The fraction of sp³-hybridized carbons (Fsp3) is 1.00. The molecule has 20 heavy (non-hydrogen) atoms. The Balaban J connectivity index is 1.79. The highest BCUT2D eigenvalue weighted by atomic mass is 32.2. The van der Waals surface area contributed by atoms with Crippen molar-refractivity contribution in [2.45, 2.75) is 39.0 Å². The van der Waals surface area contributed by atoms with Crippen molar-refractivity contribution in [3.63, 3.8) is 0 Å². The van der Waals surface area contributed by atoms with Crippen molar-refractivity contribution in [2.24, 2.45) is 5.92 Å². The summed E-state index contributed by atoms with van der Waals surface area (Å²) in [7, 11) is -3.34.